The summed E-state index contributed by atoms with van der Waals surface area (Å²) in [5.74, 6) is -0.729. The molecule has 0 aliphatic heterocycles. The predicted molar refractivity (Wildman–Crippen MR) is 67.8 cm³/mol. The van der Waals surface area contributed by atoms with Crippen molar-refractivity contribution in [3.05, 3.63) is 23.8 Å². The number of phenols is 2. The van der Waals surface area contributed by atoms with Crippen LogP contribution in [0.25, 0.3) is 0 Å². The number of ether oxygens (including phenoxy) is 1. The summed E-state index contributed by atoms with van der Waals surface area (Å²) in [6.45, 7) is 4.75. The molecule has 0 spiro atoms. The second kappa shape index (κ2) is 6.26. The van der Waals surface area contributed by atoms with Gasteiger partial charge in [0.2, 0.25) is 0 Å². The number of benzene rings is 1. The van der Waals surface area contributed by atoms with Crippen LogP contribution in [0.2, 0.25) is 0 Å². The van der Waals surface area contributed by atoms with E-state index in [1.165, 1.54) is 18.2 Å². The van der Waals surface area contributed by atoms with Crippen molar-refractivity contribution in [1.82, 2.24) is 4.90 Å². The Morgan fingerprint density at radius 2 is 2.00 bits per heavy atom. The van der Waals surface area contributed by atoms with Crippen molar-refractivity contribution in [2.75, 3.05) is 20.3 Å². The van der Waals surface area contributed by atoms with E-state index in [1.807, 2.05) is 13.8 Å². The van der Waals surface area contributed by atoms with Crippen LogP contribution >= 0.6 is 0 Å². The zero-order valence-corrected chi connectivity index (χ0v) is 10.9. The Hall–Kier alpha value is -1.75. The lowest BCUT2D eigenvalue weighted by Crippen LogP contribution is -2.39. The summed E-state index contributed by atoms with van der Waals surface area (Å²) in [5, 5.41) is 18.6. The first-order valence-electron chi connectivity index (χ1n) is 5.79. The minimum absolute atomic E-state index is 0.0311. The van der Waals surface area contributed by atoms with Crippen LogP contribution < -0.4 is 0 Å². The van der Waals surface area contributed by atoms with Gasteiger partial charge in [-0.05, 0) is 32.0 Å². The molecule has 0 saturated carbocycles. The molecule has 0 fully saturated rings. The summed E-state index contributed by atoms with van der Waals surface area (Å²) in [6, 6.07) is 4.08. The lowest BCUT2D eigenvalue weighted by Gasteiger charge is -2.26. The number of nitrogens with zero attached hydrogens (tertiary/aromatic N) is 1. The third kappa shape index (κ3) is 3.37. The maximum atomic E-state index is 12.2. The second-order valence-electron chi connectivity index (χ2n) is 4.29. The number of aromatic hydroxyl groups is 2. The van der Waals surface area contributed by atoms with Crippen molar-refractivity contribution in [2.45, 2.75) is 19.9 Å². The third-order valence-electron chi connectivity index (χ3n) is 2.64. The molecule has 5 heteroatoms. The molecule has 2 N–H and O–H groups in total. The number of amides is 1. The lowest BCUT2D eigenvalue weighted by molar-refractivity contribution is 0.0634. The fourth-order valence-electron chi connectivity index (χ4n) is 1.61. The van der Waals surface area contributed by atoms with Crippen molar-refractivity contribution >= 4 is 5.91 Å². The molecule has 100 valence electrons. The van der Waals surface area contributed by atoms with Crippen LogP contribution in [0.1, 0.15) is 24.2 Å². The van der Waals surface area contributed by atoms with Crippen molar-refractivity contribution < 1.29 is 19.7 Å². The van der Waals surface area contributed by atoms with E-state index < -0.39 is 0 Å². The Morgan fingerprint density at radius 1 is 1.33 bits per heavy atom. The van der Waals surface area contributed by atoms with E-state index in [-0.39, 0.29) is 23.4 Å². The molecule has 1 rings (SSSR count). The van der Waals surface area contributed by atoms with Crippen LogP contribution in [0.3, 0.4) is 0 Å². The SMILES string of the molecule is COCCN(C(=O)c1ccc(O)c(O)c1)C(C)C. The molecule has 0 unspecified atom stereocenters. The quantitative estimate of drug-likeness (QED) is 0.782. The number of carbonyl (C=O) groups excluding carboxylic acids is 1. The highest BCUT2D eigenvalue weighted by atomic mass is 16.5. The van der Waals surface area contributed by atoms with Gasteiger partial charge >= 0.3 is 0 Å². The fourth-order valence-corrected chi connectivity index (χ4v) is 1.61. The van der Waals surface area contributed by atoms with E-state index >= 15 is 0 Å². The fraction of sp³-hybridized carbons (Fsp3) is 0.462. The van der Waals surface area contributed by atoms with Crippen LogP contribution in [-0.2, 0) is 4.74 Å². The van der Waals surface area contributed by atoms with Gasteiger partial charge in [-0.15, -0.1) is 0 Å². The molecular weight excluding hydrogens is 234 g/mol. The topological polar surface area (TPSA) is 70.0 Å². The largest absolute Gasteiger partial charge is 0.504 e. The van der Waals surface area contributed by atoms with Gasteiger partial charge in [0, 0.05) is 25.3 Å². The Kier molecular flexibility index (Phi) is 4.97. The van der Waals surface area contributed by atoms with Crippen molar-refractivity contribution in [3.8, 4) is 11.5 Å². The van der Waals surface area contributed by atoms with Gasteiger partial charge in [-0.3, -0.25) is 4.79 Å². The summed E-state index contributed by atoms with van der Waals surface area (Å²) in [4.78, 5) is 13.9. The highest BCUT2D eigenvalue weighted by Crippen LogP contribution is 2.25. The number of phenolic OH excluding ortho intramolecular Hbond substituents is 2. The molecule has 0 aromatic heterocycles. The summed E-state index contributed by atoms with van der Waals surface area (Å²) in [5.41, 5.74) is 0.343. The van der Waals surface area contributed by atoms with Gasteiger partial charge in [0.15, 0.2) is 11.5 Å². The Morgan fingerprint density at radius 3 is 2.50 bits per heavy atom. The Labute approximate surface area is 107 Å². The van der Waals surface area contributed by atoms with E-state index in [0.29, 0.717) is 18.7 Å². The minimum Gasteiger partial charge on any atom is -0.504 e. The van der Waals surface area contributed by atoms with E-state index in [2.05, 4.69) is 0 Å². The van der Waals surface area contributed by atoms with E-state index in [9.17, 15) is 15.0 Å². The van der Waals surface area contributed by atoms with Crippen LogP contribution in [0, 0.1) is 0 Å². The molecule has 0 aliphatic carbocycles. The smallest absolute Gasteiger partial charge is 0.254 e. The summed E-state index contributed by atoms with van der Waals surface area (Å²) < 4.78 is 4.97. The van der Waals surface area contributed by atoms with Crippen LogP contribution in [0.5, 0.6) is 11.5 Å². The second-order valence-corrected chi connectivity index (χ2v) is 4.29. The zero-order valence-electron chi connectivity index (χ0n) is 10.9. The average molecular weight is 253 g/mol. The molecule has 18 heavy (non-hydrogen) atoms. The number of carbonyl (C=O) groups is 1. The number of hydrogen-bond acceptors (Lipinski definition) is 4. The van der Waals surface area contributed by atoms with Gasteiger partial charge in [-0.25, -0.2) is 0 Å². The summed E-state index contributed by atoms with van der Waals surface area (Å²) in [6.07, 6.45) is 0. The average Bonchev–Trinajstić information content (AvgIpc) is 2.32. The zero-order chi connectivity index (χ0) is 13.7. The van der Waals surface area contributed by atoms with Gasteiger partial charge in [-0.2, -0.15) is 0 Å². The highest BCUT2D eigenvalue weighted by molar-refractivity contribution is 5.95. The molecule has 0 radical (unpaired) electrons. The molecule has 0 bridgehead atoms. The molecule has 1 aromatic carbocycles. The first-order chi connectivity index (χ1) is 8.47. The molecule has 5 nitrogen and oxygen atoms in total. The van der Waals surface area contributed by atoms with Crippen LogP contribution in [0.4, 0.5) is 0 Å². The van der Waals surface area contributed by atoms with E-state index in [0.717, 1.165) is 0 Å². The van der Waals surface area contributed by atoms with Crippen molar-refractivity contribution in [1.29, 1.82) is 0 Å². The van der Waals surface area contributed by atoms with Gasteiger partial charge in [0.05, 0.1) is 6.61 Å². The maximum absolute atomic E-state index is 12.2. The number of hydrogen-bond donors (Lipinski definition) is 2. The first-order valence-corrected chi connectivity index (χ1v) is 5.79. The minimum atomic E-state index is -0.295. The molecular formula is C13H19NO4. The van der Waals surface area contributed by atoms with E-state index in [4.69, 9.17) is 4.74 Å². The molecule has 0 saturated heterocycles. The van der Waals surface area contributed by atoms with Gasteiger partial charge in [0.1, 0.15) is 0 Å². The van der Waals surface area contributed by atoms with Gasteiger partial charge < -0.3 is 19.8 Å². The van der Waals surface area contributed by atoms with Crippen LogP contribution in [0.15, 0.2) is 18.2 Å². The monoisotopic (exact) mass is 253 g/mol. The predicted octanol–water partition coefficient (Wildman–Crippen LogP) is 1.59. The summed E-state index contributed by atoms with van der Waals surface area (Å²) in [7, 11) is 1.58. The standard InChI is InChI=1S/C13H19NO4/c1-9(2)14(6-7-18-3)13(17)10-4-5-11(15)12(16)8-10/h4-5,8-9,15-16H,6-7H2,1-3H3. The highest BCUT2D eigenvalue weighted by Gasteiger charge is 2.19. The Bertz CT molecular complexity index is 417. The maximum Gasteiger partial charge on any atom is 0.254 e. The third-order valence-corrected chi connectivity index (χ3v) is 2.64. The molecule has 0 atom stereocenters. The van der Waals surface area contributed by atoms with Crippen molar-refractivity contribution in [2.24, 2.45) is 0 Å². The molecule has 0 aliphatic rings. The summed E-state index contributed by atoms with van der Waals surface area (Å²) >= 11 is 0. The molecule has 1 aromatic rings. The lowest BCUT2D eigenvalue weighted by atomic mass is 10.1. The number of methoxy groups -OCH3 is 1. The van der Waals surface area contributed by atoms with Gasteiger partial charge in [0.25, 0.3) is 5.91 Å². The Balaban J connectivity index is 2.91. The number of rotatable bonds is 5. The normalized spacial score (nSPS) is 10.7. The molecule has 1 amide bonds. The van der Waals surface area contributed by atoms with Gasteiger partial charge in [-0.1, -0.05) is 0 Å². The van der Waals surface area contributed by atoms with Crippen molar-refractivity contribution in [3.63, 3.8) is 0 Å². The van der Waals surface area contributed by atoms with E-state index in [1.54, 1.807) is 12.0 Å². The first kappa shape index (κ1) is 14.3. The molecule has 0 heterocycles. The van der Waals surface area contributed by atoms with Crippen LogP contribution in [-0.4, -0.2) is 47.3 Å².